The van der Waals surface area contributed by atoms with Gasteiger partial charge in [0.25, 0.3) is 11.7 Å². The Kier molecular flexibility index (Phi) is 3.25. The van der Waals surface area contributed by atoms with E-state index in [2.05, 4.69) is 15.9 Å². The number of carbonyl (C=O) groups is 3. The summed E-state index contributed by atoms with van der Waals surface area (Å²) in [7, 11) is 1.76. The van der Waals surface area contributed by atoms with Gasteiger partial charge in [-0.15, -0.1) is 0 Å². The van der Waals surface area contributed by atoms with Crippen LogP contribution in [0, 0.1) is 0 Å². The van der Waals surface area contributed by atoms with Crippen LogP contribution in [0.2, 0.25) is 0 Å². The number of rotatable bonds is 3. The van der Waals surface area contributed by atoms with Crippen LogP contribution in [0.4, 0.5) is 5.69 Å². The van der Waals surface area contributed by atoms with E-state index in [1.54, 1.807) is 48.1 Å². The lowest BCUT2D eigenvalue weighted by molar-refractivity contribution is -0.114. The highest BCUT2D eigenvalue weighted by Crippen LogP contribution is 2.34. The summed E-state index contributed by atoms with van der Waals surface area (Å²) in [6.07, 6.45) is 1.76. The van der Waals surface area contributed by atoms with Crippen molar-refractivity contribution in [1.29, 1.82) is 0 Å². The van der Waals surface area contributed by atoms with Crippen molar-refractivity contribution in [3.8, 4) is 0 Å². The SMILES string of the molecule is Cn1cccc1C(=O)CN1C(=O)C(=O)c2c(Br)cccc21. The zero-order valence-electron chi connectivity index (χ0n) is 11.2. The van der Waals surface area contributed by atoms with Crippen LogP contribution in [-0.2, 0) is 11.8 Å². The van der Waals surface area contributed by atoms with E-state index in [4.69, 9.17) is 0 Å². The van der Waals surface area contributed by atoms with Crippen molar-refractivity contribution in [1.82, 2.24) is 4.57 Å². The molecule has 106 valence electrons. The number of benzene rings is 1. The second kappa shape index (κ2) is 4.96. The molecule has 0 saturated carbocycles. The normalized spacial score (nSPS) is 13.7. The van der Waals surface area contributed by atoms with Gasteiger partial charge in [-0.25, -0.2) is 0 Å². The molecule has 0 radical (unpaired) electrons. The maximum Gasteiger partial charge on any atom is 0.299 e. The summed E-state index contributed by atoms with van der Waals surface area (Å²) in [6, 6.07) is 8.55. The number of ketones is 2. The molecule has 0 fully saturated rings. The monoisotopic (exact) mass is 346 g/mol. The summed E-state index contributed by atoms with van der Waals surface area (Å²) < 4.78 is 2.25. The van der Waals surface area contributed by atoms with Crippen molar-refractivity contribution in [2.24, 2.45) is 7.05 Å². The molecule has 5 nitrogen and oxygen atoms in total. The Balaban J connectivity index is 1.96. The number of aryl methyl sites for hydroxylation is 1. The van der Waals surface area contributed by atoms with E-state index in [1.807, 2.05) is 0 Å². The Morgan fingerprint density at radius 3 is 2.62 bits per heavy atom. The molecule has 0 spiro atoms. The molecule has 21 heavy (non-hydrogen) atoms. The lowest BCUT2D eigenvalue weighted by atomic mass is 10.1. The lowest BCUT2D eigenvalue weighted by Crippen LogP contribution is -2.35. The van der Waals surface area contributed by atoms with E-state index < -0.39 is 11.7 Å². The van der Waals surface area contributed by atoms with E-state index in [0.29, 0.717) is 21.4 Å². The molecular formula is C15H11BrN2O3. The summed E-state index contributed by atoms with van der Waals surface area (Å²) in [4.78, 5) is 37.7. The third-order valence-corrected chi connectivity index (χ3v) is 4.14. The minimum atomic E-state index is -0.667. The van der Waals surface area contributed by atoms with E-state index >= 15 is 0 Å². The van der Waals surface area contributed by atoms with Crippen LogP contribution in [-0.4, -0.2) is 28.6 Å². The molecule has 0 N–H and O–H groups in total. The molecule has 6 heteroatoms. The molecule has 0 bridgehead atoms. The summed E-state index contributed by atoms with van der Waals surface area (Å²) in [6.45, 7) is -0.147. The van der Waals surface area contributed by atoms with Gasteiger partial charge in [-0.1, -0.05) is 6.07 Å². The van der Waals surface area contributed by atoms with Crippen LogP contribution in [0.25, 0.3) is 0 Å². The predicted molar refractivity (Wildman–Crippen MR) is 80.6 cm³/mol. The quantitative estimate of drug-likeness (QED) is 0.632. The zero-order chi connectivity index (χ0) is 15.1. The van der Waals surface area contributed by atoms with Crippen LogP contribution in [0.15, 0.2) is 41.0 Å². The second-order valence-corrected chi connectivity index (χ2v) is 5.64. The first-order chi connectivity index (χ1) is 10.0. The van der Waals surface area contributed by atoms with Crippen molar-refractivity contribution in [2.75, 3.05) is 11.4 Å². The van der Waals surface area contributed by atoms with Crippen LogP contribution in [0.3, 0.4) is 0 Å². The average Bonchev–Trinajstić information content (AvgIpc) is 2.97. The summed E-state index contributed by atoms with van der Waals surface area (Å²) >= 11 is 3.27. The Hall–Kier alpha value is -2.21. The molecule has 0 unspecified atom stereocenters. The molecule has 1 aliphatic heterocycles. The zero-order valence-corrected chi connectivity index (χ0v) is 12.8. The van der Waals surface area contributed by atoms with Gasteiger partial charge < -0.3 is 4.57 Å². The van der Waals surface area contributed by atoms with Gasteiger partial charge >= 0.3 is 0 Å². The number of halogens is 1. The summed E-state index contributed by atoms with van der Waals surface area (Å²) in [5.41, 5.74) is 1.29. The van der Waals surface area contributed by atoms with E-state index in [9.17, 15) is 14.4 Å². The van der Waals surface area contributed by atoms with Crippen LogP contribution >= 0.6 is 15.9 Å². The lowest BCUT2D eigenvalue weighted by Gasteiger charge is -2.15. The number of amides is 1. The largest absolute Gasteiger partial charge is 0.348 e. The Morgan fingerprint density at radius 1 is 1.19 bits per heavy atom. The fourth-order valence-electron chi connectivity index (χ4n) is 2.43. The standard InChI is InChI=1S/C15H11BrN2O3/c1-17-7-3-6-10(17)12(19)8-18-11-5-2-4-9(16)13(11)14(20)15(18)21/h2-7H,8H2,1H3. The molecule has 1 amide bonds. The number of carbonyl (C=O) groups excluding carboxylic acids is 3. The Bertz CT molecular complexity index is 779. The van der Waals surface area contributed by atoms with Gasteiger partial charge in [-0.05, 0) is 40.2 Å². The fourth-order valence-corrected chi connectivity index (χ4v) is 2.97. The molecule has 0 saturated heterocycles. The van der Waals surface area contributed by atoms with Crippen molar-refractivity contribution in [3.63, 3.8) is 0 Å². The highest BCUT2D eigenvalue weighted by atomic mass is 79.9. The highest BCUT2D eigenvalue weighted by Gasteiger charge is 2.38. The Morgan fingerprint density at radius 2 is 1.95 bits per heavy atom. The van der Waals surface area contributed by atoms with Gasteiger partial charge in [0.05, 0.1) is 23.5 Å². The van der Waals surface area contributed by atoms with Gasteiger partial charge in [0.1, 0.15) is 0 Å². The van der Waals surface area contributed by atoms with Gasteiger partial charge in [-0.3, -0.25) is 19.3 Å². The van der Waals surface area contributed by atoms with Gasteiger partial charge in [0.2, 0.25) is 0 Å². The summed E-state index contributed by atoms with van der Waals surface area (Å²) in [5, 5.41) is 0. The number of hydrogen-bond acceptors (Lipinski definition) is 3. The first-order valence-electron chi connectivity index (χ1n) is 6.30. The first kappa shape index (κ1) is 13.8. The molecule has 2 heterocycles. The number of nitrogens with zero attached hydrogens (tertiary/aromatic N) is 2. The predicted octanol–water partition coefficient (Wildman–Crippen LogP) is 2.20. The van der Waals surface area contributed by atoms with Crippen molar-refractivity contribution >= 4 is 39.1 Å². The maximum absolute atomic E-state index is 12.3. The second-order valence-electron chi connectivity index (χ2n) is 4.78. The number of anilines is 1. The van der Waals surface area contributed by atoms with Crippen LogP contribution in [0.5, 0.6) is 0 Å². The van der Waals surface area contributed by atoms with E-state index in [0.717, 1.165) is 0 Å². The number of Topliss-reactive ketones (excluding diaryl/α,β-unsaturated/α-hetero) is 2. The topological polar surface area (TPSA) is 59.4 Å². The molecular weight excluding hydrogens is 336 g/mol. The molecule has 0 aliphatic carbocycles. The highest BCUT2D eigenvalue weighted by molar-refractivity contribution is 9.10. The van der Waals surface area contributed by atoms with Crippen LogP contribution in [0.1, 0.15) is 20.8 Å². The first-order valence-corrected chi connectivity index (χ1v) is 7.09. The number of fused-ring (bicyclic) bond motifs is 1. The molecule has 0 atom stereocenters. The summed E-state index contributed by atoms with van der Waals surface area (Å²) in [5.74, 6) is -1.46. The minimum Gasteiger partial charge on any atom is -0.348 e. The molecule has 1 aromatic carbocycles. The minimum absolute atomic E-state index is 0.147. The van der Waals surface area contributed by atoms with Gasteiger partial charge in [0.15, 0.2) is 5.78 Å². The molecule has 1 aromatic heterocycles. The van der Waals surface area contributed by atoms with Crippen molar-refractivity contribution in [3.05, 3.63) is 52.3 Å². The molecule has 1 aliphatic rings. The average molecular weight is 347 g/mol. The number of hydrogen-bond donors (Lipinski definition) is 0. The van der Waals surface area contributed by atoms with Crippen molar-refractivity contribution < 1.29 is 14.4 Å². The molecule has 2 aromatic rings. The smallest absolute Gasteiger partial charge is 0.299 e. The van der Waals surface area contributed by atoms with Crippen molar-refractivity contribution in [2.45, 2.75) is 0 Å². The van der Waals surface area contributed by atoms with E-state index in [1.165, 1.54) is 4.90 Å². The number of aromatic nitrogens is 1. The fraction of sp³-hybridized carbons (Fsp3) is 0.133. The third-order valence-electron chi connectivity index (χ3n) is 3.48. The van der Waals surface area contributed by atoms with Gasteiger partial charge in [0, 0.05) is 17.7 Å². The third kappa shape index (κ3) is 2.12. The van der Waals surface area contributed by atoms with E-state index in [-0.39, 0.29) is 12.3 Å². The molecule has 3 rings (SSSR count). The van der Waals surface area contributed by atoms with Crippen LogP contribution < -0.4 is 4.90 Å². The van der Waals surface area contributed by atoms with Gasteiger partial charge in [-0.2, -0.15) is 0 Å². The Labute approximate surface area is 129 Å². The maximum atomic E-state index is 12.3.